The third kappa shape index (κ3) is 3.61. The quantitative estimate of drug-likeness (QED) is 0.829. The molecule has 0 bridgehead atoms. The number of thioether (sulfide) groups is 1. The summed E-state index contributed by atoms with van der Waals surface area (Å²) in [4.78, 5) is 13.8. The number of amides is 1. The van der Waals surface area contributed by atoms with E-state index in [0.29, 0.717) is 6.04 Å². The number of aryl methyl sites for hydroxylation is 1. The summed E-state index contributed by atoms with van der Waals surface area (Å²) in [6.07, 6.45) is 9.87. The lowest BCUT2D eigenvalue weighted by atomic mass is 9.96. The summed E-state index contributed by atoms with van der Waals surface area (Å²) in [6.45, 7) is 1.97. The van der Waals surface area contributed by atoms with Crippen molar-refractivity contribution in [2.24, 2.45) is 0 Å². The molecule has 5 heteroatoms. The maximum absolute atomic E-state index is 12.7. The highest BCUT2D eigenvalue weighted by atomic mass is 32.2. The molecule has 1 aliphatic rings. The van der Waals surface area contributed by atoms with Gasteiger partial charge in [-0.3, -0.25) is 4.79 Å². The van der Waals surface area contributed by atoms with Gasteiger partial charge in [0.15, 0.2) is 0 Å². The fourth-order valence-corrected chi connectivity index (χ4v) is 3.63. The van der Waals surface area contributed by atoms with E-state index in [1.165, 1.54) is 19.3 Å². The topological polar surface area (TPSA) is 46.9 Å². The van der Waals surface area contributed by atoms with Crippen molar-refractivity contribution in [1.29, 1.82) is 0 Å². The molecule has 23 heavy (non-hydrogen) atoms. The largest absolute Gasteiger partial charge is 0.307 e. The SMILES string of the molecule is CSc1ccc(C)c(C(=O)Nc2ccnn2C2CCCCC2)c1. The van der Waals surface area contributed by atoms with E-state index in [4.69, 9.17) is 0 Å². The number of hydrogen-bond acceptors (Lipinski definition) is 3. The molecule has 122 valence electrons. The van der Waals surface area contributed by atoms with Crippen LogP contribution in [0.2, 0.25) is 0 Å². The van der Waals surface area contributed by atoms with Crippen LogP contribution in [0, 0.1) is 6.92 Å². The highest BCUT2D eigenvalue weighted by Gasteiger charge is 2.20. The van der Waals surface area contributed by atoms with Crippen LogP contribution in [-0.4, -0.2) is 21.9 Å². The average Bonchev–Trinajstić information content (AvgIpc) is 3.04. The Balaban J connectivity index is 1.80. The van der Waals surface area contributed by atoms with Crippen LogP contribution in [0.1, 0.15) is 54.1 Å². The number of carbonyl (C=O) groups is 1. The highest BCUT2D eigenvalue weighted by molar-refractivity contribution is 7.98. The van der Waals surface area contributed by atoms with Gasteiger partial charge in [0.05, 0.1) is 12.2 Å². The standard InChI is InChI=1S/C18H23N3OS/c1-13-8-9-15(23-2)12-16(13)18(22)20-17-10-11-19-21(17)14-6-4-3-5-7-14/h8-12,14H,3-7H2,1-2H3,(H,20,22). The fourth-order valence-electron chi connectivity index (χ4n) is 3.19. The van der Waals surface area contributed by atoms with Gasteiger partial charge in [-0.1, -0.05) is 25.3 Å². The summed E-state index contributed by atoms with van der Waals surface area (Å²) in [5, 5.41) is 7.49. The molecule has 1 N–H and O–H groups in total. The Morgan fingerprint density at radius 3 is 2.78 bits per heavy atom. The van der Waals surface area contributed by atoms with Gasteiger partial charge in [0.1, 0.15) is 5.82 Å². The van der Waals surface area contributed by atoms with Crippen LogP contribution in [0.25, 0.3) is 0 Å². The summed E-state index contributed by atoms with van der Waals surface area (Å²) < 4.78 is 1.99. The molecule has 1 aromatic heterocycles. The lowest BCUT2D eigenvalue weighted by Crippen LogP contribution is -2.20. The number of nitrogens with one attached hydrogen (secondary N) is 1. The van der Waals surface area contributed by atoms with Crippen molar-refractivity contribution in [3.8, 4) is 0 Å². The molecule has 1 aliphatic carbocycles. The van der Waals surface area contributed by atoms with Crippen LogP contribution in [0.15, 0.2) is 35.4 Å². The fraction of sp³-hybridized carbons (Fsp3) is 0.444. The van der Waals surface area contributed by atoms with Crippen molar-refractivity contribution in [1.82, 2.24) is 9.78 Å². The summed E-state index contributed by atoms with van der Waals surface area (Å²) in [7, 11) is 0. The van der Waals surface area contributed by atoms with E-state index >= 15 is 0 Å². The van der Waals surface area contributed by atoms with Crippen molar-refractivity contribution >= 4 is 23.5 Å². The predicted molar refractivity (Wildman–Crippen MR) is 95.3 cm³/mol. The smallest absolute Gasteiger partial charge is 0.257 e. The number of hydrogen-bond donors (Lipinski definition) is 1. The van der Waals surface area contributed by atoms with Gasteiger partial charge in [-0.15, -0.1) is 11.8 Å². The number of aromatic nitrogens is 2. The van der Waals surface area contributed by atoms with E-state index in [9.17, 15) is 4.79 Å². The van der Waals surface area contributed by atoms with Crippen molar-refractivity contribution in [2.45, 2.75) is 50.0 Å². The second-order valence-corrected chi connectivity index (χ2v) is 6.97. The minimum atomic E-state index is -0.0593. The molecule has 0 aliphatic heterocycles. The van der Waals surface area contributed by atoms with Gasteiger partial charge in [-0.25, -0.2) is 4.68 Å². The third-order valence-corrected chi connectivity index (χ3v) is 5.25. The third-order valence-electron chi connectivity index (χ3n) is 4.52. The van der Waals surface area contributed by atoms with Crippen LogP contribution in [-0.2, 0) is 0 Å². The Morgan fingerprint density at radius 2 is 2.04 bits per heavy atom. The van der Waals surface area contributed by atoms with Crippen LogP contribution in [0.4, 0.5) is 5.82 Å². The molecule has 1 fully saturated rings. The minimum absolute atomic E-state index is 0.0593. The maximum atomic E-state index is 12.7. The zero-order valence-electron chi connectivity index (χ0n) is 13.7. The van der Waals surface area contributed by atoms with Gasteiger partial charge in [0.25, 0.3) is 5.91 Å². The number of nitrogens with zero attached hydrogens (tertiary/aromatic N) is 2. The number of benzene rings is 1. The zero-order chi connectivity index (χ0) is 16.2. The van der Waals surface area contributed by atoms with E-state index in [1.54, 1.807) is 18.0 Å². The molecule has 1 aromatic carbocycles. The number of anilines is 1. The van der Waals surface area contributed by atoms with Crippen LogP contribution >= 0.6 is 11.8 Å². The first-order chi connectivity index (χ1) is 11.2. The molecular weight excluding hydrogens is 306 g/mol. The first-order valence-corrected chi connectivity index (χ1v) is 9.41. The molecule has 0 unspecified atom stereocenters. The molecule has 1 amide bonds. The minimum Gasteiger partial charge on any atom is -0.307 e. The molecular formula is C18H23N3OS. The molecule has 0 radical (unpaired) electrons. The van der Waals surface area contributed by atoms with Gasteiger partial charge >= 0.3 is 0 Å². The predicted octanol–water partition coefficient (Wildman–Crippen LogP) is 4.67. The first-order valence-electron chi connectivity index (χ1n) is 8.18. The first kappa shape index (κ1) is 16.1. The maximum Gasteiger partial charge on any atom is 0.257 e. The summed E-state index contributed by atoms with van der Waals surface area (Å²) in [5.74, 6) is 0.742. The van der Waals surface area contributed by atoms with E-state index in [0.717, 1.165) is 34.7 Å². The molecule has 4 nitrogen and oxygen atoms in total. The summed E-state index contributed by atoms with van der Waals surface area (Å²) in [6, 6.07) is 8.30. The molecule has 3 rings (SSSR count). The zero-order valence-corrected chi connectivity index (χ0v) is 14.5. The molecule has 1 saturated carbocycles. The lowest BCUT2D eigenvalue weighted by Gasteiger charge is -2.24. The van der Waals surface area contributed by atoms with E-state index in [-0.39, 0.29) is 5.91 Å². The molecule has 0 spiro atoms. The lowest BCUT2D eigenvalue weighted by molar-refractivity contribution is 0.102. The van der Waals surface area contributed by atoms with Crippen molar-refractivity contribution in [3.63, 3.8) is 0 Å². The Bertz CT molecular complexity index is 689. The van der Waals surface area contributed by atoms with Gasteiger partial charge in [-0.2, -0.15) is 5.10 Å². The Morgan fingerprint density at radius 1 is 1.26 bits per heavy atom. The molecule has 0 atom stereocenters. The molecule has 1 heterocycles. The number of rotatable bonds is 4. The summed E-state index contributed by atoms with van der Waals surface area (Å²) in [5.41, 5.74) is 1.72. The molecule has 0 saturated heterocycles. The number of carbonyl (C=O) groups excluding carboxylic acids is 1. The normalized spacial score (nSPS) is 15.6. The average molecular weight is 329 g/mol. The van der Waals surface area contributed by atoms with Gasteiger partial charge in [0, 0.05) is 16.5 Å². The van der Waals surface area contributed by atoms with Crippen LogP contribution < -0.4 is 5.32 Å². The van der Waals surface area contributed by atoms with Gasteiger partial charge < -0.3 is 5.32 Å². The second-order valence-electron chi connectivity index (χ2n) is 6.09. The Labute approximate surface area is 141 Å². The van der Waals surface area contributed by atoms with E-state index in [1.807, 2.05) is 42.1 Å². The van der Waals surface area contributed by atoms with Crippen molar-refractivity contribution in [2.75, 3.05) is 11.6 Å². The highest BCUT2D eigenvalue weighted by Crippen LogP contribution is 2.30. The van der Waals surface area contributed by atoms with Crippen molar-refractivity contribution in [3.05, 3.63) is 41.6 Å². The monoisotopic (exact) mass is 329 g/mol. The van der Waals surface area contributed by atoms with Crippen molar-refractivity contribution < 1.29 is 4.79 Å². The summed E-state index contributed by atoms with van der Waals surface area (Å²) >= 11 is 1.65. The van der Waals surface area contributed by atoms with Gasteiger partial charge in [0.2, 0.25) is 0 Å². The Hall–Kier alpha value is -1.75. The van der Waals surface area contributed by atoms with Gasteiger partial charge in [-0.05, 0) is 43.7 Å². The van der Waals surface area contributed by atoms with Crippen LogP contribution in [0.5, 0.6) is 0 Å². The second kappa shape index (κ2) is 7.21. The van der Waals surface area contributed by atoms with E-state index in [2.05, 4.69) is 10.4 Å². The molecule has 2 aromatic rings. The Kier molecular flexibility index (Phi) is 5.06. The van der Waals surface area contributed by atoms with Crippen LogP contribution in [0.3, 0.4) is 0 Å². The van der Waals surface area contributed by atoms with E-state index < -0.39 is 0 Å².